The number of hydrogen-bond donors (Lipinski definition) is 3. The Kier molecular flexibility index (Phi) is 3.76. The van der Waals surface area contributed by atoms with Crippen LogP contribution in [-0.4, -0.2) is 19.3 Å². The SMILES string of the molecule is COc1cc(O)c(C(C)NN)cc1OC. The largest absolute Gasteiger partial charge is 0.507 e. The molecule has 0 amide bonds. The topological polar surface area (TPSA) is 76.7 Å². The Morgan fingerprint density at radius 2 is 1.80 bits per heavy atom. The number of methoxy groups -OCH3 is 2. The third kappa shape index (κ3) is 2.31. The lowest BCUT2D eigenvalue weighted by atomic mass is 10.1. The second-order valence-electron chi connectivity index (χ2n) is 3.15. The highest BCUT2D eigenvalue weighted by Gasteiger charge is 2.14. The van der Waals surface area contributed by atoms with Crippen LogP contribution in [0.15, 0.2) is 12.1 Å². The maximum absolute atomic E-state index is 9.71. The molecule has 0 aliphatic carbocycles. The molecule has 0 saturated carbocycles. The predicted molar refractivity (Wildman–Crippen MR) is 56.9 cm³/mol. The Hall–Kier alpha value is -1.46. The molecule has 5 nitrogen and oxygen atoms in total. The molecule has 0 aliphatic rings. The standard InChI is InChI=1S/C10H16N2O3/c1-6(12-11)7-4-9(14-2)10(15-3)5-8(7)13/h4-6,12-13H,11H2,1-3H3. The van der Waals surface area contributed by atoms with Gasteiger partial charge in [-0.15, -0.1) is 0 Å². The molecule has 1 atom stereocenters. The van der Waals surface area contributed by atoms with Gasteiger partial charge in [-0.25, -0.2) is 0 Å². The normalized spacial score (nSPS) is 12.3. The van der Waals surface area contributed by atoms with E-state index in [0.29, 0.717) is 17.1 Å². The van der Waals surface area contributed by atoms with Gasteiger partial charge in [-0.1, -0.05) is 0 Å². The van der Waals surface area contributed by atoms with Crippen molar-refractivity contribution in [3.63, 3.8) is 0 Å². The molecule has 0 radical (unpaired) electrons. The molecule has 4 N–H and O–H groups in total. The Balaban J connectivity index is 3.19. The van der Waals surface area contributed by atoms with Crippen LogP contribution in [0.3, 0.4) is 0 Å². The van der Waals surface area contributed by atoms with E-state index in [1.807, 2.05) is 6.92 Å². The van der Waals surface area contributed by atoms with Gasteiger partial charge in [0.05, 0.1) is 14.2 Å². The molecule has 0 spiro atoms. The molecule has 1 aromatic carbocycles. The van der Waals surface area contributed by atoms with Crippen LogP contribution in [0, 0.1) is 0 Å². The van der Waals surface area contributed by atoms with Crippen molar-refractivity contribution >= 4 is 0 Å². The number of rotatable bonds is 4. The second kappa shape index (κ2) is 4.86. The summed E-state index contributed by atoms with van der Waals surface area (Å²) < 4.78 is 10.2. The molecule has 0 aromatic heterocycles. The van der Waals surface area contributed by atoms with Gasteiger partial charge >= 0.3 is 0 Å². The molecule has 0 heterocycles. The minimum absolute atomic E-state index is 0.123. The van der Waals surface area contributed by atoms with Crippen molar-refractivity contribution < 1.29 is 14.6 Å². The molecule has 15 heavy (non-hydrogen) atoms. The van der Waals surface area contributed by atoms with E-state index in [0.717, 1.165) is 0 Å². The Morgan fingerprint density at radius 3 is 2.27 bits per heavy atom. The summed E-state index contributed by atoms with van der Waals surface area (Å²) in [6.45, 7) is 1.83. The van der Waals surface area contributed by atoms with Crippen LogP contribution >= 0.6 is 0 Å². The van der Waals surface area contributed by atoms with Gasteiger partial charge in [0.2, 0.25) is 0 Å². The van der Waals surface area contributed by atoms with Gasteiger partial charge in [0.1, 0.15) is 5.75 Å². The first-order chi connectivity index (χ1) is 7.13. The number of nitrogens with one attached hydrogen (secondary N) is 1. The lowest BCUT2D eigenvalue weighted by Crippen LogP contribution is -2.25. The molecule has 1 rings (SSSR count). The van der Waals surface area contributed by atoms with Gasteiger partial charge in [0, 0.05) is 17.7 Å². The fourth-order valence-corrected chi connectivity index (χ4v) is 1.32. The van der Waals surface area contributed by atoms with Gasteiger partial charge in [0.15, 0.2) is 11.5 Å². The zero-order chi connectivity index (χ0) is 11.4. The van der Waals surface area contributed by atoms with Crippen molar-refractivity contribution in [3.8, 4) is 17.2 Å². The summed E-state index contributed by atoms with van der Waals surface area (Å²) in [6.07, 6.45) is 0. The van der Waals surface area contributed by atoms with E-state index < -0.39 is 0 Å². The monoisotopic (exact) mass is 212 g/mol. The smallest absolute Gasteiger partial charge is 0.164 e. The van der Waals surface area contributed by atoms with Crippen molar-refractivity contribution in [1.82, 2.24) is 5.43 Å². The molecule has 0 bridgehead atoms. The fraction of sp³-hybridized carbons (Fsp3) is 0.400. The van der Waals surface area contributed by atoms with Crippen LogP contribution in [0.2, 0.25) is 0 Å². The Morgan fingerprint density at radius 1 is 1.27 bits per heavy atom. The first-order valence-corrected chi connectivity index (χ1v) is 4.55. The number of benzene rings is 1. The van der Waals surface area contributed by atoms with E-state index in [-0.39, 0.29) is 11.8 Å². The summed E-state index contributed by atoms with van der Waals surface area (Å²) in [5, 5.41) is 9.71. The molecular formula is C10H16N2O3. The van der Waals surface area contributed by atoms with Crippen molar-refractivity contribution in [2.24, 2.45) is 5.84 Å². The maximum atomic E-state index is 9.71. The van der Waals surface area contributed by atoms with Crippen LogP contribution in [0.4, 0.5) is 0 Å². The number of hydrazine groups is 1. The quantitative estimate of drug-likeness (QED) is 0.511. The van der Waals surface area contributed by atoms with Gasteiger partial charge in [0.25, 0.3) is 0 Å². The summed E-state index contributed by atoms with van der Waals surface area (Å²) in [6, 6.07) is 3.03. The van der Waals surface area contributed by atoms with Gasteiger partial charge in [-0.2, -0.15) is 0 Å². The van der Waals surface area contributed by atoms with E-state index in [9.17, 15) is 5.11 Å². The highest BCUT2D eigenvalue weighted by molar-refractivity contribution is 5.51. The Labute approximate surface area is 88.8 Å². The van der Waals surface area contributed by atoms with E-state index in [1.165, 1.54) is 13.2 Å². The summed E-state index contributed by atoms with van der Waals surface area (Å²) in [5.74, 6) is 6.48. The summed E-state index contributed by atoms with van der Waals surface area (Å²) in [5.41, 5.74) is 3.22. The molecule has 1 unspecified atom stereocenters. The lowest BCUT2D eigenvalue weighted by molar-refractivity contribution is 0.349. The van der Waals surface area contributed by atoms with Crippen LogP contribution < -0.4 is 20.7 Å². The Bertz CT molecular complexity index is 342. The minimum atomic E-state index is -0.162. The molecule has 0 fully saturated rings. The van der Waals surface area contributed by atoms with Crippen LogP contribution in [0.25, 0.3) is 0 Å². The van der Waals surface area contributed by atoms with E-state index >= 15 is 0 Å². The summed E-state index contributed by atoms with van der Waals surface area (Å²) in [7, 11) is 3.06. The van der Waals surface area contributed by atoms with Crippen molar-refractivity contribution in [1.29, 1.82) is 0 Å². The molecule has 84 valence electrons. The number of nitrogens with two attached hydrogens (primary N) is 1. The van der Waals surface area contributed by atoms with Crippen molar-refractivity contribution in [2.45, 2.75) is 13.0 Å². The average molecular weight is 212 g/mol. The fourth-order valence-electron chi connectivity index (χ4n) is 1.32. The van der Waals surface area contributed by atoms with Crippen molar-refractivity contribution in [2.75, 3.05) is 14.2 Å². The van der Waals surface area contributed by atoms with Crippen LogP contribution in [-0.2, 0) is 0 Å². The maximum Gasteiger partial charge on any atom is 0.164 e. The highest BCUT2D eigenvalue weighted by Crippen LogP contribution is 2.36. The number of hydrogen-bond acceptors (Lipinski definition) is 5. The van der Waals surface area contributed by atoms with Gasteiger partial charge < -0.3 is 14.6 Å². The number of ether oxygens (including phenoxy) is 2. The van der Waals surface area contributed by atoms with E-state index in [1.54, 1.807) is 13.2 Å². The zero-order valence-corrected chi connectivity index (χ0v) is 9.07. The van der Waals surface area contributed by atoms with E-state index in [4.69, 9.17) is 15.3 Å². The summed E-state index contributed by atoms with van der Waals surface area (Å²) >= 11 is 0. The number of aromatic hydroxyl groups is 1. The van der Waals surface area contributed by atoms with Gasteiger partial charge in [-0.3, -0.25) is 11.3 Å². The van der Waals surface area contributed by atoms with Gasteiger partial charge in [-0.05, 0) is 13.0 Å². The molecule has 5 heteroatoms. The first-order valence-electron chi connectivity index (χ1n) is 4.55. The second-order valence-corrected chi connectivity index (χ2v) is 3.15. The number of phenolic OH excluding ortho intramolecular Hbond substituents is 1. The van der Waals surface area contributed by atoms with Crippen LogP contribution in [0.1, 0.15) is 18.5 Å². The third-order valence-corrected chi connectivity index (χ3v) is 2.25. The number of phenols is 1. The van der Waals surface area contributed by atoms with Crippen LogP contribution in [0.5, 0.6) is 17.2 Å². The highest BCUT2D eigenvalue weighted by atomic mass is 16.5. The van der Waals surface area contributed by atoms with E-state index in [2.05, 4.69) is 5.43 Å². The summed E-state index contributed by atoms with van der Waals surface area (Å²) in [4.78, 5) is 0. The molecule has 1 aromatic rings. The molecule has 0 aliphatic heterocycles. The first kappa shape index (κ1) is 11.6. The molecular weight excluding hydrogens is 196 g/mol. The predicted octanol–water partition coefficient (Wildman–Crippen LogP) is 0.934. The zero-order valence-electron chi connectivity index (χ0n) is 9.07. The lowest BCUT2D eigenvalue weighted by Gasteiger charge is -2.15. The average Bonchev–Trinajstić information content (AvgIpc) is 2.27. The minimum Gasteiger partial charge on any atom is -0.507 e. The molecule has 0 saturated heterocycles. The van der Waals surface area contributed by atoms with Crippen molar-refractivity contribution in [3.05, 3.63) is 17.7 Å². The third-order valence-electron chi connectivity index (χ3n) is 2.25.